The van der Waals surface area contributed by atoms with Crippen molar-refractivity contribution in [2.24, 2.45) is 0 Å². The van der Waals surface area contributed by atoms with Crippen molar-refractivity contribution in [1.82, 2.24) is 5.32 Å². The average molecular weight is 362 g/mol. The third-order valence-corrected chi connectivity index (χ3v) is 4.87. The highest BCUT2D eigenvalue weighted by Gasteiger charge is 2.18. The molecule has 0 unspecified atom stereocenters. The van der Waals surface area contributed by atoms with Gasteiger partial charge in [0.1, 0.15) is 0 Å². The van der Waals surface area contributed by atoms with Crippen LogP contribution in [0.1, 0.15) is 53.6 Å². The molecule has 0 aliphatic heterocycles. The summed E-state index contributed by atoms with van der Waals surface area (Å²) >= 11 is 0. The topological polar surface area (TPSA) is 58.2 Å². The zero-order valence-electron chi connectivity index (χ0n) is 15.7. The standard InChI is InChI=1S/C23H26N2O2/c1-17-11-13-18(14-12-17)15-16-22(26)25-21-10-6-5-9-20(21)23(27)24-19-7-3-2-4-8-19/h5-6,9-16,19H,2-4,7-8H2,1H3,(H,24,27)(H,25,26)/b16-15+. The van der Waals surface area contributed by atoms with Crippen molar-refractivity contribution >= 4 is 23.6 Å². The fourth-order valence-electron chi connectivity index (χ4n) is 3.32. The van der Waals surface area contributed by atoms with Gasteiger partial charge in [0.2, 0.25) is 5.91 Å². The van der Waals surface area contributed by atoms with E-state index < -0.39 is 0 Å². The number of carbonyl (C=O) groups is 2. The minimum absolute atomic E-state index is 0.125. The molecule has 27 heavy (non-hydrogen) atoms. The molecular weight excluding hydrogens is 336 g/mol. The summed E-state index contributed by atoms with van der Waals surface area (Å²) in [6, 6.07) is 15.3. The number of benzene rings is 2. The smallest absolute Gasteiger partial charge is 0.253 e. The summed E-state index contributed by atoms with van der Waals surface area (Å²) in [5, 5.41) is 5.93. The summed E-state index contributed by atoms with van der Waals surface area (Å²) in [6.07, 6.45) is 8.87. The van der Waals surface area contributed by atoms with E-state index in [4.69, 9.17) is 0 Å². The molecule has 4 heteroatoms. The highest BCUT2D eigenvalue weighted by atomic mass is 16.2. The zero-order valence-corrected chi connectivity index (χ0v) is 15.7. The molecule has 0 spiro atoms. The quantitative estimate of drug-likeness (QED) is 0.757. The Labute approximate surface area is 160 Å². The van der Waals surface area contributed by atoms with Crippen molar-refractivity contribution in [3.05, 3.63) is 71.3 Å². The van der Waals surface area contributed by atoms with Crippen molar-refractivity contribution in [2.45, 2.75) is 45.1 Å². The van der Waals surface area contributed by atoms with E-state index in [-0.39, 0.29) is 17.9 Å². The van der Waals surface area contributed by atoms with Crippen LogP contribution < -0.4 is 10.6 Å². The largest absolute Gasteiger partial charge is 0.349 e. The molecule has 2 aromatic rings. The molecule has 0 saturated heterocycles. The third-order valence-electron chi connectivity index (χ3n) is 4.87. The van der Waals surface area contributed by atoms with Crippen molar-refractivity contribution in [1.29, 1.82) is 0 Å². The van der Waals surface area contributed by atoms with E-state index in [1.807, 2.05) is 43.3 Å². The lowest BCUT2D eigenvalue weighted by atomic mass is 9.95. The van der Waals surface area contributed by atoms with Crippen molar-refractivity contribution in [3.63, 3.8) is 0 Å². The van der Waals surface area contributed by atoms with Crippen LogP contribution in [0.25, 0.3) is 6.08 Å². The summed E-state index contributed by atoms with van der Waals surface area (Å²) < 4.78 is 0. The second-order valence-corrected chi connectivity index (χ2v) is 7.09. The van der Waals surface area contributed by atoms with Crippen LogP contribution in [0.15, 0.2) is 54.6 Å². The van der Waals surface area contributed by atoms with Gasteiger partial charge in [-0.2, -0.15) is 0 Å². The van der Waals surface area contributed by atoms with Gasteiger partial charge in [-0.3, -0.25) is 9.59 Å². The van der Waals surface area contributed by atoms with E-state index in [0.717, 1.165) is 31.2 Å². The maximum atomic E-state index is 12.6. The van der Waals surface area contributed by atoms with Crippen LogP contribution in [-0.4, -0.2) is 17.9 Å². The van der Waals surface area contributed by atoms with E-state index in [1.165, 1.54) is 18.1 Å². The van der Waals surface area contributed by atoms with Crippen LogP contribution in [-0.2, 0) is 4.79 Å². The summed E-state index contributed by atoms with van der Waals surface area (Å²) in [5.41, 5.74) is 3.16. The average Bonchev–Trinajstić information content (AvgIpc) is 2.69. The van der Waals surface area contributed by atoms with E-state index in [9.17, 15) is 9.59 Å². The number of rotatable bonds is 5. The number of anilines is 1. The highest BCUT2D eigenvalue weighted by Crippen LogP contribution is 2.20. The van der Waals surface area contributed by atoms with Gasteiger partial charge in [-0.25, -0.2) is 0 Å². The van der Waals surface area contributed by atoms with E-state index in [2.05, 4.69) is 10.6 Å². The van der Waals surface area contributed by atoms with E-state index in [0.29, 0.717) is 11.3 Å². The molecule has 2 aromatic carbocycles. The molecule has 0 heterocycles. The van der Waals surface area contributed by atoms with Crippen LogP contribution in [0.3, 0.4) is 0 Å². The summed E-state index contributed by atoms with van der Waals surface area (Å²) in [4.78, 5) is 24.9. The summed E-state index contributed by atoms with van der Waals surface area (Å²) in [7, 11) is 0. The summed E-state index contributed by atoms with van der Waals surface area (Å²) in [6.45, 7) is 2.02. The molecule has 0 atom stereocenters. The Morgan fingerprint density at radius 1 is 0.963 bits per heavy atom. The van der Waals surface area contributed by atoms with Gasteiger partial charge < -0.3 is 10.6 Å². The number of nitrogens with one attached hydrogen (secondary N) is 2. The van der Waals surface area contributed by atoms with Gasteiger partial charge in [-0.15, -0.1) is 0 Å². The maximum Gasteiger partial charge on any atom is 0.253 e. The first-order valence-electron chi connectivity index (χ1n) is 9.57. The Hall–Kier alpha value is -2.88. The second kappa shape index (κ2) is 9.17. The number of para-hydroxylation sites is 1. The number of hydrogen-bond acceptors (Lipinski definition) is 2. The lowest BCUT2D eigenvalue weighted by molar-refractivity contribution is -0.111. The molecular formula is C23H26N2O2. The monoisotopic (exact) mass is 362 g/mol. The van der Waals surface area contributed by atoms with E-state index in [1.54, 1.807) is 18.2 Å². The molecule has 0 bridgehead atoms. The minimum Gasteiger partial charge on any atom is -0.349 e. The van der Waals surface area contributed by atoms with Gasteiger partial charge in [0.15, 0.2) is 0 Å². The lowest BCUT2D eigenvalue weighted by Crippen LogP contribution is -2.36. The molecule has 1 fully saturated rings. The Kier molecular flexibility index (Phi) is 6.42. The van der Waals surface area contributed by atoms with Crippen LogP contribution in [0.4, 0.5) is 5.69 Å². The first-order chi connectivity index (χ1) is 13.1. The van der Waals surface area contributed by atoms with Gasteiger partial charge >= 0.3 is 0 Å². The van der Waals surface area contributed by atoms with Crippen molar-refractivity contribution in [2.75, 3.05) is 5.32 Å². The maximum absolute atomic E-state index is 12.6. The predicted molar refractivity (Wildman–Crippen MR) is 110 cm³/mol. The molecule has 2 N–H and O–H groups in total. The first-order valence-corrected chi connectivity index (χ1v) is 9.57. The van der Waals surface area contributed by atoms with Gasteiger partial charge in [0, 0.05) is 12.1 Å². The summed E-state index contributed by atoms with van der Waals surface area (Å²) in [5.74, 6) is -0.381. The first kappa shape index (κ1) is 18.9. The number of carbonyl (C=O) groups excluding carboxylic acids is 2. The van der Waals surface area contributed by atoms with Gasteiger partial charge in [0.25, 0.3) is 5.91 Å². The zero-order chi connectivity index (χ0) is 19.1. The Morgan fingerprint density at radius 3 is 2.41 bits per heavy atom. The highest BCUT2D eigenvalue weighted by molar-refractivity contribution is 6.07. The fraction of sp³-hybridized carbons (Fsp3) is 0.304. The van der Waals surface area contributed by atoms with Crippen LogP contribution in [0, 0.1) is 6.92 Å². The van der Waals surface area contributed by atoms with Crippen molar-refractivity contribution in [3.8, 4) is 0 Å². The SMILES string of the molecule is Cc1ccc(/C=C/C(=O)Nc2ccccc2C(=O)NC2CCCCC2)cc1. The van der Waals surface area contributed by atoms with Gasteiger partial charge in [-0.05, 0) is 43.5 Å². The molecule has 0 radical (unpaired) electrons. The lowest BCUT2D eigenvalue weighted by Gasteiger charge is -2.23. The number of aryl methyl sites for hydroxylation is 1. The van der Waals surface area contributed by atoms with Crippen molar-refractivity contribution < 1.29 is 9.59 Å². The van der Waals surface area contributed by atoms with Crippen LogP contribution >= 0.6 is 0 Å². The van der Waals surface area contributed by atoms with E-state index >= 15 is 0 Å². The molecule has 1 aliphatic carbocycles. The van der Waals surface area contributed by atoms with Gasteiger partial charge in [-0.1, -0.05) is 61.2 Å². The molecule has 1 aliphatic rings. The fourth-order valence-corrected chi connectivity index (χ4v) is 3.32. The second-order valence-electron chi connectivity index (χ2n) is 7.09. The molecule has 140 valence electrons. The molecule has 4 nitrogen and oxygen atoms in total. The van der Waals surface area contributed by atoms with Crippen LogP contribution in [0.2, 0.25) is 0 Å². The third kappa shape index (κ3) is 5.55. The molecule has 1 saturated carbocycles. The number of hydrogen-bond donors (Lipinski definition) is 2. The molecule has 2 amide bonds. The minimum atomic E-state index is -0.256. The van der Waals surface area contributed by atoms with Crippen LogP contribution in [0.5, 0.6) is 0 Å². The predicted octanol–water partition coefficient (Wildman–Crippen LogP) is 4.71. The normalized spacial score (nSPS) is 14.9. The molecule has 3 rings (SSSR count). The Morgan fingerprint density at radius 2 is 1.67 bits per heavy atom. The van der Waals surface area contributed by atoms with Gasteiger partial charge in [0.05, 0.1) is 11.3 Å². The Bertz CT molecular complexity index is 819. The Balaban J connectivity index is 1.65. The number of amides is 2. The molecule has 0 aromatic heterocycles.